The maximum atomic E-state index is 12.1. The Morgan fingerprint density at radius 3 is 2.67 bits per heavy atom. The number of nitro groups is 1. The smallest absolute Gasteiger partial charge is 0.291 e. The van der Waals surface area contributed by atoms with Gasteiger partial charge in [-0.1, -0.05) is 0 Å². The average Bonchev–Trinajstić information content (AvgIpc) is 2.42. The minimum atomic E-state index is -3.92. The van der Waals surface area contributed by atoms with E-state index in [1.54, 1.807) is 7.11 Å². The summed E-state index contributed by atoms with van der Waals surface area (Å²) in [5.41, 5.74) is 5.06. The predicted molar refractivity (Wildman–Crippen MR) is 78.4 cm³/mol. The van der Waals surface area contributed by atoms with Gasteiger partial charge in [-0.2, -0.15) is 0 Å². The Morgan fingerprint density at radius 1 is 1.33 bits per heavy atom. The van der Waals surface area contributed by atoms with E-state index in [0.717, 1.165) is 25.0 Å². The van der Waals surface area contributed by atoms with E-state index < -0.39 is 20.6 Å². The van der Waals surface area contributed by atoms with Gasteiger partial charge in [0.25, 0.3) is 5.69 Å². The zero-order valence-electron chi connectivity index (χ0n) is 11.7. The number of methoxy groups -OCH3 is 1. The number of sulfonamides is 1. The molecule has 118 valence electrons. The molecule has 0 fully saturated rings. The second-order valence-corrected chi connectivity index (χ2v) is 6.17. The van der Waals surface area contributed by atoms with Crippen LogP contribution in [0.4, 0.5) is 11.4 Å². The summed E-state index contributed by atoms with van der Waals surface area (Å²) in [7, 11) is -2.32. The maximum Gasteiger partial charge on any atom is 0.291 e. The first-order valence-electron chi connectivity index (χ1n) is 6.41. The van der Waals surface area contributed by atoms with Gasteiger partial charge in [-0.15, -0.1) is 0 Å². The molecule has 0 aliphatic heterocycles. The molecule has 0 radical (unpaired) electrons. The normalized spacial score (nSPS) is 11.5. The quantitative estimate of drug-likeness (QED) is 0.306. The van der Waals surface area contributed by atoms with E-state index in [1.807, 2.05) is 0 Å². The van der Waals surface area contributed by atoms with Crippen LogP contribution in [0.5, 0.6) is 0 Å². The van der Waals surface area contributed by atoms with Gasteiger partial charge in [-0.25, -0.2) is 13.1 Å². The summed E-state index contributed by atoms with van der Waals surface area (Å²) in [5.74, 6) is 0. The molecular formula is C12H19N3O5S. The average molecular weight is 317 g/mol. The fourth-order valence-corrected chi connectivity index (χ4v) is 2.96. The third-order valence-electron chi connectivity index (χ3n) is 2.79. The summed E-state index contributed by atoms with van der Waals surface area (Å²) < 4.78 is 31.4. The van der Waals surface area contributed by atoms with Crippen molar-refractivity contribution in [1.82, 2.24) is 4.72 Å². The summed E-state index contributed by atoms with van der Waals surface area (Å²) in [5, 5.41) is 10.9. The first-order chi connectivity index (χ1) is 9.88. The van der Waals surface area contributed by atoms with Crippen LogP contribution in [0.3, 0.4) is 0 Å². The summed E-state index contributed by atoms with van der Waals surface area (Å²) in [6.45, 7) is 0.837. The van der Waals surface area contributed by atoms with Gasteiger partial charge in [0.2, 0.25) is 10.0 Å². The van der Waals surface area contributed by atoms with Gasteiger partial charge in [0.15, 0.2) is 4.90 Å². The minimum absolute atomic E-state index is 0.139. The Balaban J connectivity index is 2.72. The first kappa shape index (κ1) is 17.3. The standard InChI is InChI=1S/C12H19N3O5S/c1-20-8-4-2-3-7-14-21(18,19)12-6-5-10(13)9-11(12)15(16)17/h5-6,9,14H,2-4,7-8,13H2,1H3. The van der Waals surface area contributed by atoms with Gasteiger partial charge < -0.3 is 10.5 Å². The van der Waals surface area contributed by atoms with Gasteiger partial charge in [0.05, 0.1) is 4.92 Å². The van der Waals surface area contributed by atoms with E-state index in [4.69, 9.17) is 10.5 Å². The molecule has 0 aliphatic rings. The minimum Gasteiger partial charge on any atom is -0.399 e. The van der Waals surface area contributed by atoms with E-state index in [2.05, 4.69) is 4.72 Å². The summed E-state index contributed by atoms with van der Waals surface area (Å²) in [4.78, 5) is 9.78. The van der Waals surface area contributed by atoms with Crippen molar-refractivity contribution in [3.05, 3.63) is 28.3 Å². The Morgan fingerprint density at radius 2 is 2.05 bits per heavy atom. The monoisotopic (exact) mass is 317 g/mol. The fourth-order valence-electron chi connectivity index (χ4n) is 1.74. The van der Waals surface area contributed by atoms with Crippen molar-refractivity contribution >= 4 is 21.4 Å². The Kier molecular flexibility index (Phi) is 6.53. The lowest BCUT2D eigenvalue weighted by Crippen LogP contribution is -2.25. The van der Waals surface area contributed by atoms with Crippen LogP contribution in [0, 0.1) is 10.1 Å². The van der Waals surface area contributed by atoms with Crippen LogP contribution in [0.1, 0.15) is 19.3 Å². The third-order valence-corrected chi connectivity index (χ3v) is 4.29. The molecule has 0 heterocycles. The van der Waals surface area contributed by atoms with E-state index in [9.17, 15) is 18.5 Å². The first-order valence-corrected chi connectivity index (χ1v) is 7.89. The predicted octanol–water partition coefficient (Wildman–Crippen LogP) is 1.27. The van der Waals surface area contributed by atoms with Crippen LogP contribution in [0.2, 0.25) is 0 Å². The number of rotatable bonds is 9. The van der Waals surface area contributed by atoms with Gasteiger partial charge in [0, 0.05) is 32.0 Å². The molecule has 0 unspecified atom stereocenters. The van der Waals surface area contributed by atoms with E-state index >= 15 is 0 Å². The SMILES string of the molecule is COCCCCCNS(=O)(=O)c1ccc(N)cc1[N+](=O)[O-]. The van der Waals surface area contributed by atoms with Crippen LogP contribution in [0.25, 0.3) is 0 Å². The summed E-state index contributed by atoms with van der Waals surface area (Å²) in [6, 6.07) is 3.49. The number of benzene rings is 1. The molecule has 0 aliphatic carbocycles. The van der Waals surface area contributed by atoms with Crippen LogP contribution < -0.4 is 10.5 Å². The van der Waals surface area contributed by atoms with Gasteiger partial charge in [0.1, 0.15) is 0 Å². The van der Waals surface area contributed by atoms with E-state index in [-0.39, 0.29) is 17.1 Å². The molecular weight excluding hydrogens is 298 g/mol. The Bertz CT molecular complexity index is 589. The molecule has 8 nitrogen and oxygen atoms in total. The molecule has 21 heavy (non-hydrogen) atoms. The lowest BCUT2D eigenvalue weighted by atomic mass is 10.2. The molecule has 1 rings (SSSR count). The number of hydrogen-bond donors (Lipinski definition) is 2. The molecule has 0 saturated carbocycles. The highest BCUT2D eigenvalue weighted by Crippen LogP contribution is 2.25. The molecule has 0 saturated heterocycles. The van der Waals surface area contributed by atoms with Gasteiger partial charge in [-0.3, -0.25) is 10.1 Å². The fraction of sp³-hybridized carbons (Fsp3) is 0.500. The largest absolute Gasteiger partial charge is 0.399 e. The second-order valence-electron chi connectivity index (χ2n) is 4.44. The number of anilines is 1. The van der Waals surface area contributed by atoms with Gasteiger partial charge in [-0.05, 0) is 31.4 Å². The molecule has 1 aromatic carbocycles. The molecule has 9 heteroatoms. The van der Waals surface area contributed by atoms with Crippen molar-refractivity contribution in [3.8, 4) is 0 Å². The lowest BCUT2D eigenvalue weighted by Gasteiger charge is -2.07. The zero-order chi connectivity index (χ0) is 15.9. The molecule has 1 aromatic rings. The van der Waals surface area contributed by atoms with Crippen molar-refractivity contribution in [2.24, 2.45) is 0 Å². The summed E-state index contributed by atoms with van der Waals surface area (Å²) in [6.07, 6.45) is 2.27. The van der Waals surface area contributed by atoms with Gasteiger partial charge >= 0.3 is 0 Å². The Labute approximate surface area is 123 Å². The molecule has 0 spiro atoms. The summed E-state index contributed by atoms with van der Waals surface area (Å²) >= 11 is 0. The van der Waals surface area contributed by atoms with Crippen molar-refractivity contribution < 1.29 is 18.1 Å². The van der Waals surface area contributed by atoms with Crippen molar-refractivity contribution in [3.63, 3.8) is 0 Å². The highest BCUT2D eigenvalue weighted by molar-refractivity contribution is 7.89. The number of unbranched alkanes of at least 4 members (excludes halogenated alkanes) is 2. The van der Waals surface area contributed by atoms with Crippen LogP contribution in [-0.4, -0.2) is 33.6 Å². The zero-order valence-corrected chi connectivity index (χ0v) is 12.6. The molecule has 0 atom stereocenters. The van der Waals surface area contributed by atoms with Crippen molar-refractivity contribution in [2.45, 2.75) is 24.2 Å². The lowest BCUT2D eigenvalue weighted by molar-refractivity contribution is -0.387. The number of ether oxygens (including phenoxy) is 1. The number of nitro benzene ring substituents is 1. The van der Waals surface area contributed by atoms with Crippen molar-refractivity contribution in [2.75, 3.05) is 26.0 Å². The number of nitrogens with zero attached hydrogens (tertiary/aromatic N) is 1. The number of hydrogen-bond acceptors (Lipinski definition) is 6. The molecule has 0 amide bonds. The van der Waals surface area contributed by atoms with Crippen LogP contribution >= 0.6 is 0 Å². The third kappa shape index (κ3) is 5.29. The second kappa shape index (κ2) is 7.91. The molecule has 0 bridgehead atoms. The maximum absolute atomic E-state index is 12.1. The van der Waals surface area contributed by atoms with Crippen molar-refractivity contribution in [1.29, 1.82) is 0 Å². The van der Waals surface area contributed by atoms with Crippen LogP contribution in [-0.2, 0) is 14.8 Å². The highest BCUT2D eigenvalue weighted by Gasteiger charge is 2.25. The van der Waals surface area contributed by atoms with E-state index in [0.29, 0.717) is 13.0 Å². The van der Waals surface area contributed by atoms with E-state index in [1.165, 1.54) is 6.07 Å². The number of nitrogens with two attached hydrogens (primary N) is 1. The Hall–Kier alpha value is -1.71. The molecule has 0 aromatic heterocycles. The number of nitrogens with one attached hydrogen (secondary N) is 1. The topological polar surface area (TPSA) is 125 Å². The van der Waals surface area contributed by atoms with Crippen LogP contribution in [0.15, 0.2) is 23.1 Å². The number of nitrogen functional groups attached to an aromatic ring is 1. The molecule has 3 N–H and O–H groups in total. The highest BCUT2D eigenvalue weighted by atomic mass is 32.2.